The van der Waals surface area contributed by atoms with Gasteiger partial charge in [0.15, 0.2) is 0 Å². The third-order valence-electron chi connectivity index (χ3n) is 4.08. The summed E-state index contributed by atoms with van der Waals surface area (Å²) in [5.74, 6) is 0.000556. The fourth-order valence-corrected chi connectivity index (χ4v) is 3.31. The van der Waals surface area contributed by atoms with Crippen LogP contribution in [-0.4, -0.2) is 25.5 Å². The highest BCUT2D eigenvalue weighted by Gasteiger charge is 2.30. The lowest BCUT2D eigenvalue weighted by Gasteiger charge is -2.32. The first kappa shape index (κ1) is 16.3. The van der Waals surface area contributed by atoms with Gasteiger partial charge < -0.3 is 16.0 Å². The van der Waals surface area contributed by atoms with Gasteiger partial charge in [-0.2, -0.15) is 0 Å². The van der Waals surface area contributed by atoms with E-state index < -0.39 is 0 Å². The molecule has 1 aliphatic rings. The molecule has 1 aromatic rings. The van der Waals surface area contributed by atoms with Crippen LogP contribution in [0.3, 0.4) is 0 Å². The van der Waals surface area contributed by atoms with Crippen molar-refractivity contribution < 1.29 is 4.79 Å². The molecule has 0 radical (unpaired) electrons. The van der Waals surface area contributed by atoms with E-state index in [2.05, 4.69) is 21.2 Å². The van der Waals surface area contributed by atoms with Crippen molar-refractivity contribution in [1.29, 1.82) is 0 Å². The summed E-state index contributed by atoms with van der Waals surface area (Å²) in [6, 6.07) is 5.88. The average molecular weight is 354 g/mol. The third kappa shape index (κ3) is 4.45. The lowest BCUT2D eigenvalue weighted by molar-refractivity contribution is -0.117. The number of carbonyl (C=O) groups is 1. The van der Waals surface area contributed by atoms with Gasteiger partial charge >= 0.3 is 0 Å². The van der Waals surface area contributed by atoms with Gasteiger partial charge in [0.05, 0.1) is 11.4 Å². The van der Waals surface area contributed by atoms with Crippen molar-refractivity contribution in [3.8, 4) is 0 Å². The molecule has 0 heterocycles. The quantitative estimate of drug-likeness (QED) is 0.870. The zero-order valence-electron chi connectivity index (χ0n) is 12.8. The van der Waals surface area contributed by atoms with Crippen molar-refractivity contribution in [1.82, 2.24) is 0 Å². The van der Waals surface area contributed by atoms with E-state index in [9.17, 15) is 4.79 Å². The Morgan fingerprint density at radius 3 is 2.62 bits per heavy atom. The van der Waals surface area contributed by atoms with Crippen LogP contribution in [0.1, 0.15) is 38.5 Å². The Morgan fingerprint density at radius 1 is 1.33 bits per heavy atom. The SMILES string of the molecule is CN(C)c1ccc(Br)cc1NC(=O)CC1(N)CCCCC1. The number of carbonyl (C=O) groups excluding carboxylic acids is 1. The van der Waals surface area contributed by atoms with Crippen LogP contribution < -0.4 is 16.0 Å². The van der Waals surface area contributed by atoms with Crippen LogP contribution in [0.5, 0.6) is 0 Å². The standard InChI is InChI=1S/C16H24BrN3O/c1-20(2)14-7-6-12(17)10-13(14)19-15(21)11-16(18)8-4-3-5-9-16/h6-7,10H,3-5,8-9,11,18H2,1-2H3,(H,19,21). The van der Waals surface area contributed by atoms with E-state index in [1.165, 1.54) is 6.42 Å². The number of halogens is 1. The van der Waals surface area contributed by atoms with Crippen LogP contribution in [0.2, 0.25) is 0 Å². The molecule has 0 atom stereocenters. The van der Waals surface area contributed by atoms with Crippen LogP contribution in [-0.2, 0) is 4.79 Å². The highest BCUT2D eigenvalue weighted by Crippen LogP contribution is 2.31. The van der Waals surface area contributed by atoms with Gasteiger partial charge in [0.25, 0.3) is 0 Å². The third-order valence-corrected chi connectivity index (χ3v) is 4.57. The summed E-state index contributed by atoms with van der Waals surface area (Å²) in [6.07, 6.45) is 5.77. The van der Waals surface area contributed by atoms with Crippen molar-refractivity contribution in [2.75, 3.05) is 24.3 Å². The number of amides is 1. The van der Waals surface area contributed by atoms with E-state index in [1.54, 1.807) is 0 Å². The van der Waals surface area contributed by atoms with Crippen LogP contribution in [0.4, 0.5) is 11.4 Å². The highest BCUT2D eigenvalue weighted by molar-refractivity contribution is 9.10. The molecule has 1 aromatic carbocycles. The topological polar surface area (TPSA) is 58.4 Å². The molecular formula is C16H24BrN3O. The van der Waals surface area contributed by atoms with Crippen molar-refractivity contribution in [3.05, 3.63) is 22.7 Å². The smallest absolute Gasteiger partial charge is 0.226 e. The van der Waals surface area contributed by atoms with Crippen LogP contribution >= 0.6 is 15.9 Å². The summed E-state index contributed by atoms with van der Waals surface area (Å²) in [6.45, 7) is 0. The molecule has 116 valence electrons. The van der Waals surface area contributed by atoms with Gasteiger partial charge in [0, 0.05) is 30.5 Å². The summed E-state index contributed by atoms with van der Waals surface area (Å²) in [5, 5.41) is 3.01. The Bertz CT molecular complexity index is 510. The average Bonchev–Trinajstić information content (AvgIpc) is 2.38. The van der Waals surface area contributed by atoms with E-state index in [0.29, 0.717) is 6.42 Å². The van der Waals surface area contributed by atoms with Gasteiger partial charge in [-0.05, 0) is 31.0 Å². The zero-order chi connectivity index (χ0) is 15.5. The van der Waals surface area contributed by atoms with Crippen molar-refractivity contribution >= 4 is 33.2 Å². The number of nitrogens with one attached hydrogen (secondary N) is 1. The molecule has 0 spiro atoms. The first-order valence-corrected chi connectivity index (χ1v) is 8.25. The molecular weight excluding hydrogens is 330 g/mol. The summed E-state index contributed by atoms with van der Waals surface area (Å²) >= 11 is 3.45. The Labute approximate surface area is 135 Å². The molecule has 1 amide bonds. The molecule has 0 aromatic heterocycles. The van der Waals surface area contributed by atoms with Crippen LogP contribution in [0, 0.1) is 0 Å². The summed E-state index contributed by atoms with van der Waals surface area (Å²) < 4.78 is 0.948. The highest BCUT2D eigenvalue weighted by atomic mass is 79.9. The molecule has 1 fully saturated rings. The molecule has 0 unspecified atom stereocenters. The van der Waals surface area contributed by atoms with Crippen molar-refractivity contribution in [2.24, 2.45) is 5.73 Å². The minimum Gasteiger partial charge on any atom is -0.376 e. The van der Waals surface area contributed by atoms with E-state index in [4.69, 9.17) is 5.73 Å². The Kier molecular flexibility index (Phi) is 5.27. The van der Waals surface area contributed by atoms with E-state index in [1.807, 2.05) is 37.2 Å². The predicted molar refractivity (Wildman–Crippen MR) is 91.7 cm³/mol. The van der Waals surface area contributed by atoms with Gasteiger partial charge in [-0.15, -0.1) is 0 Å². The summed E-state index contributed by atoms with van der Waals surface area (Å²) in [5.41, 5.74) is 7.84. The fourth-order valence-electron chi connectivity index (χ4n) is 2.95. The minimum absolute atomic E-state index is 0.000556. The van der Waals surface area contributed by atoms with Gasteiger partial charge in [-0.25, -0.2) is 0 Å². The molecule has 1 saturated carbocycles. The first-order valence-electron chi connectivity index (χ1n) is 7.45. The second-order valence-electron chi connectivity index (χ2n) is 6.20. The monoisotopic (exact) mass is 353 g/mol. The molecule has 2 rings (SSSR count). The molecule has 0 bridgehead atoms. The zero-order valence-corrected chi connectivity index (χ0v) is 14.4. The first-order chi connectivity index (χ1) is 9.89. The number of hydrogen-bond donors (Lipinski definition) is 2. The summed E-state index contributed by atoms with van der Waals surface area (Å²) in [7, 11) is 3.93. The predicted octanol–water partition coefficient (Wildman–Crippen LogP) is 3.51. The minimum atomic E-state index is -0.327. The maximum absolute atomic E-state index is 12.3. The Balaban J connectivity index is 2.07. The number of rotatable bonds is 4. The second-order valence-corrected chi connectivity index (χ2v) is 7.12. The number of nitrogens with zero attached hydrogens (tertiary/aromatic N) is 1. The molecule has 21 heavy (non-hydrogen) atoms. The second kappa shape index (κ2) is 6.79. The summed E-state index contributed by atoms with van der Waals surface area (Å²) in [4.78, 5) is 14.3. The Morgan fingerprint density at radius 2 is 2.00 bits per heavy atom. The van der Waals surface area contributed by atoms with Gasteiger partial charge in [-0.1, -0.05) is 35.2 Å². The largest absolute Gasteiger partial charge is 0.376 e. The molecule has 0 saturated heterocycles. The lowest BCUT2D eigenvalue weighted by Crippen LogP contribution is -2.44. The normalized spacial score (nSPS) is 17.3. The van der Waals surface area contributed by atoms with Gasteiger partial charge in [-0.3, -0.25) is 4.79 Å². The number of anilines is 2. The lowest BCUT2D eigenvalue weighted by atomic mass is 9.80. The van der Waals surface area contributed by atoms with Crippen molar-refractivity contribution in [3.63, 3.8) is 0 Å². The van der Waals surface area contributed by atoms with E-state index in [0.717, 1.165) is 41.5 Å². The molecule has 0 aliphatic heterocycles. The number of nitrogens with two attached hydrogens (primary N) is 1. The van der Waals surface area contributed by atoms with Gasteiger partial charge in [0.2, 0.25) is 5.91 Å². The van der Waals surface area contributed by atoms with Crippen LogP contribution in [0.15, 0.2) is 22.7 Å². The molecule has 1 aliphatic carbocycles. The molecule has 4 nitrogen and oxygen atoms in total. The van der Waals surface area contributed by atoms with E-state index >= 15 is 0 Å². The molecule has 5 heteroatoms. The fraction of sp³-hybridized carbons (Fsp3) is 0.562. The van der Waals surface area contributed by atoms with Crippen molar-refractivity contribution in [2.45, 2.75) is 44.1 Å². The Hall–Kier alpha value is -1.07. The van der Waals surface area contributed by atoms with E-state index in [-0.39, 0.29) is 11.4 Å². The maximum atomic E-state index is 12.3. The van der Waals surface area contributed by atoms with Gasteiger partial charge in [0.1, 0.15) is 0 Å². The van der Waals surface area contributed by atoms with Crippen LogP contribution in [0.25, 0.3) is 0 Å². The number of hydrogen-bond acceptors (Lipinski definition) is 3. The molecule has 3 N–H and O–H groups in total. The maximum Gasteiger partial charge on any atom is 0.226 e. The number of benzene rings is 1.